The number of hydrogen-bond donors (Lipinski definition) is 2. The first kappa shape index (κ1) is 19.6. The molecule has 0 radical (unpaired) electrons. The first-order valence-corrected chi connectivity index (χ1v) is 10.5. The van der Waals surface area contributed by atoms with Crippen LogP contribution >= 0.6 is 23.8 Å². The Labute approximate surface area is 168 Å². The van der Waals surface area contributed by atoms with Gasteiger partial charge in [-0.3, -0.25) is 4.72 Å². The Balaban J connectivity index is 1.80. The van der Waals surface area contributed by atoms with Gasteiger partial charge in [-0.1, -0.05) is 17.7 Å². The predicted molar refractivity (Wildman–Crippen MR) is 110 cm³/mol. The summed E-state index contributed by atoms with van der Waals surface area (Å²) in [5.74, 6) is 0.667. The van der Waals surface area contributed by atoms with Crippen LogP contribution in [0, 0.1) is 0 Å². The number of thiocarbonyl (C=S) groups is 1. The molecule has 2 heterocycles. The minimum atomic E-state index is -3.83. The summed E-state index contributed by atoms with van der Waals surface area (Å²) in [7, 11) is -2.04. The molecule has 2 aromatic rings. The maximum Gasteiger partial charge on any atom is 0.263 e. The normalized spacial score (nSPS) is 14.7. The van der Waals surface area contributed by atoms with E-state index < -0.39 is 10.0 Å². The average molecular weight is 427 g/mol. The minimum absolute atomic E-state index is 0.0655. The smallest absolute Gasteiger partial charge is 0.263 e. The maximum absolute atomic E-state index is 12.7. The van der Waals surface area contributed by atoms with Gasteiger partial charge in [0.05, 0.1) is 4.90 Å². The van der Waals surface area contributed by atoms with E-state index in [1.165, 1.54) is 24.5 Å². The number of nitrogens with one attached hydrogen (secondary N) is 2. The van der Waals surface area contributed by atoms with Crippen LogP contribution < -0.4 is 14.9 Å². The van der Waals surface area contributed by atoms with Gasteiger partial charge in [-0.05, 0) is 30.4 Å². The number of benzene rings is 1. The van der Waals surface area contributed by atoms with Gasteiger partial charge in [-0.2, -0.15) is 0 Å². The molecular weight excluding hydrogens is 408 g/mol. The number of sulfonamides is 1. The molecule has 1 fully saturated rings. The minimum Gasteiger partial charge on any atom is -0.366 e. The number of anilines is 2. The lowest BCUT2D eigenvalue weighted by molar-refractivity contribution is 0.381. The van der Waals surface area contributed by atoms with Crippen LogP contribution in [0.3, 0.4) is 0 Å². The summed E-state index contributed by atoms with van der Waals surface area (Å²) in [6, 6.07) is 6.06. The molecule has 3 rings (SSSR count). The van der Waals surface area contributed by atoms with Crippen LogP contribution in [0.4, 0.5) is 11.6 Å². The summed E-state index contributed by atoms with van der Waals surface area (Å²) in [4.78, 5) is 12.6. The van der Waals surface area contributed by atoms with Gasteiger partial charge in [-0.15, -0.1) is 0 Å². The van der Waals surface area contributed by atoms with Gasteiger partial charge in [-0.25, -0.2) is 18.4 Å². The molecule has 27 heavy (non-hydrogen) atoms. The third-order valence-corrected chi connectivity index (χ3v) is 6.13. The van der Waals surface area contributed by atoms with Crippen molar-refractivity contribution in [2.75, 3.05) is 42.8 Å². The van der Waals surface area contributed by atoms with Crippen LogP contribution in [0.25, 0.3) is 0 Å². The molecule has 8 nitrogen and oxygen atoms in total. The molecule has 1 aliphatic heterocycles. The summed E-state index contributed by atoms with van der Waals surface area (Å²) < 4.78 is 27.9. The molecule has 0 saturated carbocycles. The van der Waals surface area contributed by atoms with Gasteiger partial charge in [0, 0.05) is 50.6 Å². The van der Waals surface area contributed by atoms with Crippen molar-refractivity contribution in [1.82, 2.24) is 20.2 Å². The molecule has 1 saturated heterocycles. The van der Waals surface area contributed by atoms with E-state index in [4.69, 9.17) is 23.8 Å². The summed E-state index contributed by atoms with van der Waals surface area (Å²) in [5, 5.41) is 3.99. The lowest BCUT2D eigenvalue weighted by atomic mass is 10.3. The monoisotopic (exact) mass is 426 g/mol. The summed E-state index contributed by atoms with van der Waals surface area (Å²) in [6.07, 6.45) is 2.99. The summed E-state index contributed by atoms with van der Waals surface area (Å²) in [5.41, 5.74) is 0. The van der Waals surface area contributed by atoms with Crippen LogP contribution in [0.1, 0.15) is 0 Å². The quantitative estimate of drug-likeness (QED) is 0.712. The van der Waals surface area contributed by atoms with Gasteiger partial charge in [0.25, 0.3) is 10.0 Å². The van der Waals surface area contributed by atoms with E-state index in [9.17, 15) is 8.42 Å². The number of halogens is 1. The van der Waals surface area contributed by atoms with E-state index in [0.29, 0.717) is 42.1 Å². The van der Waals surface area contributed by atoms with Crippen LogP contribution in [0.5, 0.6) is 0 Å². The third-order valence-electron chi connectivity index (χ3n) is 4.10. The highest BCUT2D eigenvalue weighted by atomic mass is 35.5. The highest BCUT2D eigenvalue weighted by molar-refractivity contribution is 7.92. The number of aromatic nitrogens is 2. The fraction of sp³-hybridized carbons (Fsp3) is 0.312. The Hall–Kier alpha value is -2.17. The zero-order valence-corrected chi connectivity index (χ0v) is 17.0. The second kappa shape index (κ2) is 8.24. The van der Waals surface area contributed by atoms with Crippen molar-refractivity contribution in [2.45, 2.75) is 4.90 Å². The number of rotatable bonds is 4. The van der Waals surface area contributed by atoms with E-state index in [1.54, 1.807) is 19.2 Å². The van der Waals surface area contributed by atoms with Crippen LogP contribution in [-0.4, -0.2) is 61.6 Å². The Morgan fingerprint density at radius 3 is 2.56 bits per heavy atom. The Bertz CT molecular complexity index is 932. The Morgan fingerprint density at radius 1 is 1.19 bits per heavy atom. The Morgan fingerprint density at radius 2 is 1.89 bits per heavy atom. The van der Waals surface area contributed by atoms with Crippen molar-refractivity contribution in [2.24, 2.45) is 0 Å². The fourth-order valence-electron chi connectivity index (χ4n) is 2.73. The van der Waals surface area contributed by atoms with Crippen molar-refractivity contribution in [3.63, 3.8) is 0 Å². The van der Waals surface area contributed by atoms with Crippen molar-refractivity contribution in [3.8, 4) is 0 Å². The molecular formula is C16H19ClN6O2S2. The van der Waals surface area contributed by atoms with Gasteiger partial charge in [0.1, 0.15) is 0 Å². The Kier molecular flexibility index (Phi) is 5.98. The molecule has 1 aliphatic rings. The van der Waals surface area contributed by atoms with Crippen LogP contribution in [-0.2, 0) is 10.0 Å². The molecule has 0 amide bonds. The predicted octanol–water partition coefficient (Wildman–Crippen LogP) is 1.56. The molecule has 0 atom stereocenters. The molecule has 1 aromatic heterocycles. The molecule has 0 unspecified atom stereocenters. The number of hydrogen-bond acceptors (Lipinski definition) is 6. The lowest BCUT2D eigenvalue weighted by Gasteiger charge is -2.36. The van der Waals surface area contributed by atoms with E-state index in [2.05, 4.69) is 24.9 Å². The van der Waals surface area contributed by atoms with Gasteiger partial charge < -0.3 is 15.1 Å². The zero-order valence-electron chi connectivity index (χ0n) is 14.6. The maximum atomic E-state index is 12.7. The van der Waals surface area contributed by atoms with Gasteiger partial charge >= 0.3 is 0 Å². The highest BCUT2D eigenvalue weighted by Gasteiger charge is 2.24. The van der Waals surface area contributed by atoms with Crippen LogP contribution in [0.15, 0.2) is 41.6 Å². The highest BCUT2D eigenvalue weighted by Crippen LogP contribution is 2.25. The number of nitrogens with zero attached hydrogens (tertiary/aromatic N) is 4. The average Bonchev–Trinajstić information content (AvgIpc) is 2.68. The molecule has 144 valence electrons. The van der Waals surface area contributed by atoms with Crippen molar-refractivity contribution >= 4 is 50.6 Å². The van der Waals surface area contributed by atoms with Crippen LogP contribution in [0.2, 0.25) is 5.02 Å². The molecule has 0 aliphatic carbocycles. The first-order chi connectivity index (χ1) is 12.9. The van der Waals surface area contributed by atoms with Gasteiger partial charge in [0.2, 0.25) is 0 Å². The standard InChI is InChI=1S/C16H19ClN6O2S2/c1-18-16(26)23-9-7-22(8-10-23)15-14(19-5-6-20-15)21-27(24,25)13-4-2-3-12(17)11-13/h2-6,11H,7-10H2,1H3,(H,18,26)(H,19,21). The van der Waals surface area contributed by atoms with Crippen molar-refractivity contribution < 1.29 is 8.42 Å². The molecule has 0 spiro atoms. The van der Waals surface area contributed by atoms with E-state index in [1.807, 2.05) is 4.90 Å². The largest absolute Gasteiger partial charge is 0.366 e. The van der Waals surface area contributed by atoms with Crippen molar-refractivity contribution in [3.05, 3.63) is 41.7 Å². The second-order valence-electron chi connectivity index (χ2n) is 5.82. The van der Waals surface area contributed by atoms with Crippen molar-refractivity contribution in [1.29, 1.82) is 0 Å². The summed E-state index contributed by atoms with van der Waals surface area (Å²) in [6.45, 7) is 2.70. The second-order valence-corrected chi connectivity index (χ2v) is 8.33. The lowest BCUT2D eigenvalue weighted by Crippen LogP contribution is -2.51. The molecule has 0 bridgehead atoms. The zero-order chi connectivity index (χ0) is 19.4. The topological polar surface area (TPSA) is 90.5 Å². The third kappa shape index (κ3) is 4.57. The summed E-state index contributed by atoms with van der Waals surface area (Å²) >= 11 is 11.2. The fourth-order valence-corrected chi connectivity index (χ4v) is 4.23. The SMILES string of the molecule is CNC(=S)N1CCN(c2nccnc2NS(=O)(=O)c2cccc(Cl)c2)CC1. The molecule has 11 heteroatoms. The van der Waals surface area contributed by atoms with E-state index in [0.717, 1.165) is 0 Å². The van der Waals surface area contributed by atoms with Gasteiger partial charge in [0.15, 0.2) is 16.7 Å². The van der Waals surface area contributed by atoms with E-state index >= 15 is 0 Å². The molecule has 1 aromatic carbocycles. The molecule has 2 N–H and O–H groups in total. The number of piperazine rings is 1. The first-order valence-electron chi connectivity index (χ1n) is 8.22. The van der Waals surface area contributed by atoms with E-state index in [-0.39, 0.29) is 10.7 Å².